The van der Waals surface area contributed by atoms with Crippen LogP contribution >= 0.6 is 0 Å². The van der Waals surface area contributed by atoms with Crippen molar-refractivity contribution in [1.29, 1.82) is 0 Å². The molecule has 5 nitrogen and oxygen atoms in total. The quantitative estimate of drug-likeness (QED) is 0.770. The minimum absolute atomic E-state index is 0.173. The fraction of sp³-hybridized carbons (Fsp3) is 0.353. The predicted octanol–water partition coefficient (Wildman–Crippen LogP) is 2.92. The zero-order valence-electron chi connectivity index (χ0n) is 13.1. The van der Waals surface area contributed by atoms with Crippen molar-refractivity contribution in [2.45, 2.75) is 33.7 Å². The molecule has 0 aliphatic carbocycles. The molecule has 0 fully saturated rings. The molecule has 0 radical (unpaired) electrons. The van der Waals surface area contributed by atoms with E-state index >= 15 is 0 Å². The molecule has 0 amide bonds. The Labute approximate surface area is 129 Å². The summed E-state index contributed by atoms with van der Waals surface area (Å²) in [5.41, 5.74) is 1.30. The summed E-state index contributed by atoms with van der Waals surface area (Å²) in [4.78, 5) is 23.9. The van der Waals surface area contributed by atoms with E-state index in [2.05, 4.69) is 5.10 Å². The highest BCUT2D eigenvalue weighted by Gasteiger charge is 2.13. The highest BCUT2D eigenvalue weighted by Crippen LogP contribution is 2.20. The summed E-state index contributed by atoms with van der Waals surface area (Å²) in [6.07, 6.45) is 0.775. The lowest BCUT2D eigenvalue weighted by molar-refractivity contribution is 0.101. The summed E-state index contributed by atoms with van der Waals surface area (Å²) in [5.74, 6) is 0.532. The van der Waals surface area contributed by atoms with E-state index < -0.39 is 0 Å². The second-order valence-corrected chi connectivity index (χ2v) is 4.99. The van der Waals surface area contributed by atoms with Crippen molar-refractivity contribution in [2.24, 2.45) is 0 Å². The first-order valence-corrected chi connectivity index (χ1v) is 7.43. The van der Waals surface area contributed by atoms with Crippen molar-refractivity contribution >= 4 is 5.78 Å². The molecule has 0 saturated heterocycles. The van der Waals surface area contributed by atoms with Crippen molar-refractivity contribution in [1.82, 2.24) is 9.78 Å². The summed E-state index contributed by atoms with van der Waals surface area (Å²) in [6, 6.07) is 9.01. The third-order valence-electron chi connectivity index (χ3n) is 3.25. The first-order valence-electron chi connectivity index (χ1n) is 7.43. The number of Topliss-reactive ketones (excluding diaryl/α,β-unsaturated/α-hetero) is 1. The van der Waals surface area contributed by atoms with Gasteiger partial charge in [0.15, 0.2) is 5.78 Å². The van der Waals surface area contributed by atoms with E-state index in [1.54, 1.807) is 6.07 Å². The van der Waals surface area contributed by atoms with Crippen LogP contribution in [0.25, 0.3) is 11.3 Å². The zero-order valence-corrected chi connectivity index (χ0v) is 13.1. The van der Waals surface area contributed by atoms with Gasteiger partial charge >= 0.3 is 0 Å². The van der Waals surface area contributed by atoms with Gasteiger partial charge in [0, 0.05) is 12.1 Å². The molecule has 1 aromatic carbocycles. The molecule has 0 atom stereocenters. The van der Waals surface area contributed by atoms with E-state index in [9.17, 15) is 9.59 Å². The van der Waals surface area contributed by atoms with Gasteiger partial charge in [0.25, 0.3) is 5.56 Å². The van der Waals surface area contributed by atoms with E-state index in [1.165, 1.54) is 11.6 Å². The van der Waals surface area contributed by atoms with E-state index in [0.29, 0.717) is 18.8 Å². The van der Waals surface area contributed by atoms with Crippen LogP contribution in [0.1, 0.15) is 37.6 Å². The lowest BCUT2D eigenvalue weighted by atomic mass is 10.1. The van der Waals surface area contributed by atoms with Crippen LogP contribution in [0.5, 0.6) is 5.75 Å². The minimum Gasteiger partial charge on any atom is -0.494 e. The Kier molecular flexibility index (Phi) is 5.09. The Balaban J connectivity index is 2.49. The summed E-state index contributed by atoms with van der Waals surface area (Å²) in [5, 5.41) is 4.36. The molecule has 2 rings (SSSR count). The lowest BCUT2D eigenvalue weighted by Crippen LogP contribution is -2.28. The highest BCUT2D eigenvalue weighted by molar-refractivity contribution is 5.94. The zero-order chi connectivity index (χ0) is 16.1. The average Bonchev–Trinajstić information content (AvgIpc) is 2.50. The number of benzene rings is 1. The van der Waals surface area contributed by atoms with Gasteiger partial charge in [-0.2, -0.15) is 5.10 Å². The maximum Gasteiger partial charge on any atom is 0.277 e. The van der Waals surface area contributed by atoms with Crippen LogP contribution in [0, 0.1) is 0 Å². The van der Waals surface area contributed by atoms with Crippen molar-refractivity contribution in [2.75, 3.05) is 6.61 Å². The van der Waals surface area contributed by atoms with Crippen molar-refractivity contribution < 1.29 is 9.53 Å². The number of aryl methyl sites for hydroxylation is 1. The van der Waals surface area contributed by atoms with Gasteiger partial charge in [-0.25, -0.2) is 4.68 Å². The van der Waals surface area contributed by atoms with Crippen LogP contribution in [0.15, 0.2) is 35.1 Å². The van der Waals surface area contributed by atoms with Crippen LogP contribution < -0.4 is 10.3 Å². The van der Waals surface area contributed by atoms with Crippen molar-refractivity contribution in [3.63, 3.8) is 0 Å². The van der Waals surface area contributed by atoms with Gasteiger partial charge in [-0.3, -0.25) is 9.59 Å². The molecule has 2 aromatic rings. The molecule has 0 saturated carbocycles. The van der Waals surface area contributed by atoms with Crippen LogP contribution in [0.4, 0.5) is 0 Å². The largest absolute Gasteiger partial charge is 0.494 e. The molecule has 116 valence electrons. The Bertz CT molecular complexity index is 718. The van der Waals surface area contributed by atoms with E-state index in [-0.39, 0.29) is 16.9 Å². The SMILES string of the molecule is CCCn1nc(-c2ccc(OCC)cc2)cc(C(C)=O)c1=O. The Morgan fingerprint density at radius 3 is 2.45 bits per heavy atom. The van der Waals surface area contributed by atoms with Gasteiger partial charge < -0.3 is 4.74 Å². The molecule has 1 aromatic heterocycles. The molecule has 5 heteroatoms. The second-order valence-electron chi connectivity index (χ2n) is 4.99. The van der Waals surface area contributed by atoms with Gasteiger partial charge in [0.1, 0.15) is 5.75 Å². The molecule has 1 heterocycles. The molecule has 0 bridgehead atoms. The number of aromatic nitrogens is 2. The Morgan fingerprint density at radius 2 is 1.91 bits per heavy atom. The first kappa shape index (κ1) is 15.9. The number of nitrogens with zero attached hydrogens (tertiary/aromatic N) is 2. The monoisotopic (exact) mass is 300 g/mol. The van der Waals surface area contributed by atoms with E-state index in [4.69, 9.17) is 4.74 Å². The molecule has 22 heavy (non-hydrogen) atoms. The predicted molar refractivity (Wildman–Crippen MR) is 85.4 cm³/mol. The Morgan fingerprint density at radius 1 is 1.23 bits per heavy atom. The fourth-order valence-electron chi connectivity index (χ4n) is 2.19. The van der Waals surface area contributed by atoms with E-state index in [1.807, 2.05) is 38.1 Å². The molecule has 0 spiro atoms. The summed E-state index contributed by atoms with van der Waals surface area (Å²) < 4.78 is 6.77. The first-order chi connectivity index (χ1) is 10.6. The van der Waals surface area contributed by atoms with Crippen LogP contribution in [-0.2, 0) is 6.54 Å². The number of carbonyl (C=O) groups excluding carboxylic acids is 1. The molecule has 0 unspecified atom stereocenters. The molecular weight excluding hydrogens is 280 g/mol. The number of hydrogen-bond donors (Lipinski definition) is 0. The number of rotatable bonds is 6. The van der Waals surface area contributed by atoms with Crippen molar-refractivity contribution in [3.8, 4) is 17.0 Å². The van der Waals surface area contributed by atoms with Gasteiger partial charge in [0.05, 0.1) is 17.9 Å². The van der Waals surface area contributed by atoms with Gasteiger partial charge in [-0.05, 0) is 50.6 Å². The standard InChI is InChI=1S/C17H20N2O3/c1-4-10-19-17(21)15(12(3)20)11-16(18-19)13-6-8-14(9-7-13)22-5-2/h6-9,11H,4-5,10H2,1-3H3. The molecule has 0 N–H and O–H groups in total. The average molecular weight is 300 g/mol. The van der Waals surface area contributed by atoms with Crippen LogP contribution in [-0.4, -0.2) is 22.2 Å². The van der Waals surface area contributed by atoms with Crippen LogP contribution in [0.2, 0.25) is 0 Å². The van der Waals surface area contributed by atoms with Gasteiger partial charge in [-0.15, -0.1) is 0 Å². The van der Waals surface area contributed by atoms with Gasteiger partial charge in [0.2, 0.25) is 0 Å². The summed E-state index contributed by atoms with van der Waals surface area (Å²) >= 11 is 0. The maximum atomic E-state index is 12.2. The normalized spacial score (nSPS) is 10.5. The summed E-state index contributed by atoms with van der Waals surface area (Å²) in [7, 11) is 0. The number of hydrogen-bond acceptors (Lipinski definition) is 4. The Hall–Kier alpha value is -2.43. The van der Waals surface area contributed by atoms with E-state index in [0.717, 1.165) is 17.7 Å². The number of ether oxygens (including phenoxy) is 1. The number of carbonyl (C=O) groups is 1. The van der Waals surface area contributed by atoms with Crippen LogP contribution in [0.3, 0.4) is 0 Å². The fourth-order valence-corrected chi connectivity index (χ4v) is 2.19. The smallest absolute Gasteiger partial charge is 0.277 e. The topological polar surface area (TPSA) is 61.2 Å². The lowest BCUT2D eigenvalue weighted by Gasteiger charge is -2.09. The van der Waals surface area contributed by atoms with Gasteiger partial charge in [-0.1, -0.05) is 6.92 Å². The molecule has 0 aliphatic rings. The molecule has 0 aliphatic heterocycles. The highest BCUT2D eigenvalue weighted by atomic mass is 16.5. The van der Waals surface area contributed by atoms with Crippen molar-refractivity contribution in [3.05, 3.63) is 46.2 Å². The maximum absolute atomic E-state index is 12.2. The molecular formula is C17H20N2O3. The second kappa shape index (κ2) is 7.02. The third-order valence-corrected chi connectivity index (χ3v) is 3.25. The number of ketones is 1. The summed E-state index contributed by atoms with van der Waals surface area (Å²) in [6.45, 7) is 6.38. The third kappa shape index (κ3) is 3.42. The minimum atomic E-state index is -0.330.